The Balaban J connectivity index is 1.62. The van der Waals surface area contributed by atoms with Crippen molar-refractivity contribution in [3.63, 3.8) is 0 Å². The summed E-state index contributed by atoms with van der Waals surface area (Å²) in [6.07, 6.45) is 12.6. The van der Waals surface area contributed by atoms with Crippen LogP contribution >= 0.6 is 0 Å². The van der Waals surface area contributed by atoms with Gasteiger partial charge in [-0.25, -0.2) is 0 Å². The van der Waals surface area contributed by atoms with E-state index < -0.39 is 6.10 Å². The Hall–Kier alpha value is -0.940. The Bertz CT molecular complexity index is 510. The molecule has 3 atom stereocenters. The van der Waals surface area contributed by atoms with Crippen molar-refractivity contribution < 1.29 is 14.9 Å². The predicted molar refractivity (Wildman–Crippen MR) is 120 cm³/mol. The summed E-state index contributed by atoms with van der Waals surface area (Å²) in [6, 6.07) is 10.1. The summed E-state index contributed by atoms with van der Waals surface area (Å²) in [5, 5.41) is 20.2. The zero-order chi connectivity index (χ0) is 20.7. The molecule has 0 saturated carbocycles. The molecule has 1 heterocycles. The zero-order valence-electron chi connectivity index (χ0n) is 18.5. The minimum Gasteiger partial charge on any atom is -0.396 e. The van der Waals surface area contributed by atoms with Gasteiger partial charge in [-0.15, -0.1) is 0 Å². The van der Waals surface area contributed by atoms with Gasteiger partial charge in [-0.1, -0.05) is 95.0 Å². The van der Waals surface area contributed by atoms with Crippen molar-refractivity contribution in [1.29, 1.82) is 0 Å². The Morgan fingerprint density at radius 2 is 1.52 bits per heavy atom. The van der Waals surface area contributed by atoms with E-state index in [1.807, 2.05) is 30.3 Å². The Labute approximate surface area is 178 Å². The molecule has 0 spiro atoms. The number of likely N-dealkylation sites (tertiary alicyclic amines) is 1. The third-order valence-electron chi connectivity index (χ3n) is 6.16. The summed E-state index contributed by atoms with van der Waals surface area (Å²) in [7, 11) is 0. The fourth-order valence-electron chi connectivity index (χ4n) is 4.28. The van der Waals surface area contributed by atoms with Gasteiger partial charge in [0.25, 0.3) is 0 Å². The molecule has 166 valence electrons. The number of aliphatic hydroxyl groups is 2. The monoisotopic (exact) mass is 405 g/mol. The van der Waals surface area contributed by atoms with E-state index in [0.717, 1.165) is 25.2 Å². The van der Waals surface area contributed by atoms with Crippen molar-refractivity contribution in [1.82, 2.24) is 4.90 Å². The largest absolute Gasteiger partial charge is 0.396 e. The van der Waals surface area contributed by atoms with E-state index in [2.05, 4.69) is 11.8 Å². The molecule has 1 aliphatic heterocycles. The summed E-state index contributed by atoms with van der Waals surface area (Å²) in [6.45, 7) is 5.34. The van der Waals surface area contributed by atoms with Crippen LogP contribution in [-0.4, -0.2) is 53.6 Å². The van der Waals surface area contributed by atoms with Gasteiger partial charge in [0.2, 0.25) is 0 Å². The van der Waals surface area contributed by atoms with Crippen LogP contribution in [0.15, 0.2) is 30.3 Å². The van der Waals surface area contributed by atoms with Crippen molar-refractivity contribution in [2.45, 2.75) is 89.9 Å². The van der Waals surface area contributed by atoms with E-state index >= 15 is 0 Å². The van der Waals surface area contributed by atoms with Gasteiger partial charge in [0, 0.05) is 25.6 Å². The molecule has 0 amide bonds. The zero-order valence-corrected chi connectivity index (χ0v) is 18.5. The molecule has 4 heteroatoms. The van der Waals surface area contributed by atoms with Gasteiger partial charge >= 0.3 is 0 Å². The lowest BCUT2D eigenvalue weighted by Crippen LogP contribution is -2.54. The molecule has 4 nitrogen and oxygen atoms in total. The van der Waals surface area contributed by atoms with Crippen LogP contribution in [0.2, 0.25) is 0 Å². The van der Waals surface area contributed by atoms with E-state index in [-0.39, 0.29) is 18.6 Å². The van der Waals surface area contributed by atoms with Crippen LogP contribution in [0, 0.1) is 5.92 Å². The quantitative estimate of drug-likeness (QED) is 0.412. The highest BCUT2D eigenvalue weighted by Crippen LogP contribution is 2.22. The average Bonchev–Trinajstić information content (AvgIpc) is 2.75. The van der Waals surface area contributed by atoms with Crippen LogP contribution in [0.4, 0.5) is 0 Å². The number of ether oxygens (including phenoxy) is 1. The van der Waals surface area contributed by atoms with E-state index in [1.54, 1.807) is 0 Å². The predicted octanol–water partition coefficient (Wildman–Crippen LogP) is 4.78. The minimum atomic E-state index is -0.590. The van der Waals surface area contributed by atoms with Gasteiger partial charge in [0.05, 0.1) is 18.8 Å². The second-order valence-electron chi connectivity index (χ2n) is 8.71. The summed E-state index contributed by atoms with van der Waals surface area (Å²) >= 11 is 0. The maximum atomic E-state index is 10.6. The molecule has 1 aromatic carbocycles. The fraction of sp³-hybridized carbons (Fsp3) is 0.760. The molecule has 1 aromatic rings. The first-order chi connectivity index (χ1) is 14.2. The Morgan fingerprint density at radius 1 is 0.897 bits per heavy atom. The van der Waals surface area contributed by atoms with E-state index in [1.165, 1.54) is 64.2 Å². The van der Waals surface area contributed by atoms with Gasteiger partial charge < -0.3 is 19.8 Å². The first-order valence-electron chi connectivity index (χ1n) is 11.9. The highest BCUT2D eigenvalue weighted by Gasteiger charge is 2.35. The number of piperidine rings is 1. The van der Waals surface area contributed by atoms with Crippen LogP contribution in [0.3, 0.4) is 0 Å². The van der Waals surface area contributed by atoms with Crippen LogP contribution in [0.1, 0.15) is 76.7 Å². The molecule has 29 heavy (non-hydrogen) atoms. The van der Waals surface area contributed by atoms with Crippen LogP contribution in [0.25, 0.3) is 0 Å². The molecule has 0 aliphatic carbocycles. The number of rotatable bonds is 15. The van der Waals surface area contributed by atoms with Crippen molar-refractivity contribution in [2.75, 3.05) is 26.2 Å². The first-order valence-corrected chi connectivity index (χ1v) is 11.9. The van der Waals surface area contributed by atoms with E-state index in [9.17, 15) is 10.2 Å². The standard InChI is InChI=1S/C25H43NO3/c1-2-3-4-5-6-7-8-9-10-14-17-26-18-23(20-27)25(28)24(19-26)29-21-22-15-12-11-13-16-22/h11-13,15-16,23-25,27-28H,2-10,14,17-21H2,1H3/t23-,24-,25-/m1/s1. The lowest BCUT2D eigenvalue weighted by atomic mass is 9.92. The number of unbranched alkanes of at least 4 members (excludes halogenated alkanes) is 9. The normalized spacial score (nSPS) is 22.8. The average molecular weight is 406 g/mol. The maximum absolute atomic E-state index is 10.6. The minimum absolute atomic E-state index is 0.0148. The molecule has 0 bridgehead atoms. The van der Waals surface area contributed by atoms with Crippen LogP contribution in [-0.2, 0) is 11.3 Å². The first kappa shape index (κ1) is 24.3. The molecule has 0 unspecified atom stereocenters. The Morgan fingerprint density at radius 3 is 2.14 bits per heavy atom. The summed E-state index contributed by atoms with van der Waals surface area (Å²) in [5.74, 6) is -0.118. The van der Waals surface area contributed by atoms with Crippen LogP contribution in [0.5, 0.6) is 0 Å². The summed E-state index contributed by atoms with van der Waals surface area (Å²) < 4.78 is 6.04. The molecule has 0 aromatic heterocycles. The fourth-order valence-corrected chi connectivity index (χ4v) is 4.28. The molecule has 2 rings (SSSR count). The second-order valence-corrected chi connectivity index (χ2v) is 8.71. The Kier molecular flexibility index (Phi) is 12.5. The van der Waals surface area contributed by atoms with Gasteiger partial charge in [-0.2, -0.15) is 0 Å². The van der Waals surface area contributed by atoms with Crippen molar-refractivity contribution >= 4 is 0 Å². The molecule has 1 saturated heterocycles. The third-order valence-corrected chi connectivity index (χ3v) is 6.16. The van der Waals surface area contributed by atoms with Crippen molar-refractivity contribution in [3.05, 3.63) is 35.9 Å². The highest BCUT2D eigenvalue weighted by atomic mass is 16.5. The van der Waals surface area contributed by atoms with E-state index in [0.29, 0.717) is 6.61 Å². The van der Waals surface area contributed by atoms with Gasteiger partial charge in [-0.3, -0.25) is 0 Å². The molecule has 2 N–H and O–H groups in total. The van der Waals surface area contributed by atoms with Gasteiger partial charge in [0.15, 0.2) is 0 Å². The van der Waals surface area contributed by atoms with Gasteiger partial charge in [-0.05, 0) is 18.5 Å². The number of hydrogen-bond acceptors (Lipinski definition) is 4. The lowest BCUT2D eigenvalue weighted by Gasteiger charge is -2.40. The molecular formula is C25H43NO3. The third kappa shape index (κ3) is 9.61. The summed E-state index contributed by atoms with van der Waals surface area (Å²) in [4.78, 5) is 2.37. The van der Waals surface area contributed by atoms with Crippen molar-refractivity contribution in [3.8, 4) is 0 Å². The molecule has 0 radical (unpaired) electrons. The molecule has 1 fully saturated rings. The number of aliphatic hydroxyl groups excluding tert-OH is 2. The van der Waals surface area contributed by atoms with Gasteiger partial charge in [0.1, 0.15) is 0 Å². The topological polar surface area (TPSA) is 52.9 Å². The summed E-state index contributed by atoms with van der Waals surface area (Å²) in [5.41, 5.74) is 1.12. The van der Waals surface area contributed by atoms with E-state index in [4.69, 9.17) is 4.74 Å². The smallest absolute Gasteiger partial charge is 0.0969 e. The molecule has 1 aliphatic rings. The maximum Gasteiger partial charge on any atom is 0.0969 e. The highest BCUT2D eigenvalue weighted by molar-refractivity contribution is 5.13. The SMILES string of the molecule is CCCCCCCCCCCCN1C[C@H](CO)[C@@H](O)[C@H](OCc2ccccc2)C1. The number of benzene rings is 1. The second kappa shape index (κ2) is 15.0. The molecular weight excluding hydrogens is 362 g/mol. The van der Waals surface area contributed by atoms with Crippen molar-refractivity contribution in [2.24, 2.45) is 5.92 Å². The number of hydrogen-bond donors (Lipinski definition) is 2. The van der Waals surface area contributed by atoms with Crippen LogP contribution < -0.4 is 0 Å². The number of nitrogens with zero attached hydrogens (tertiary/aromatic N) is 1. The lowest BCUT2D eigenvalue weighted by molar-refractivity contribution is -0.121.